The van der Waals surface area contributed by atoms with Gasteiger partial charge in [0.1, 0.15) is 5.76 Å². The maximum absolute atomic E-state index is 12.4. The lowest BCUT2D eigenvalue weighted by Crippen LogP contribution is -2.51. The van der Waals surface area contributed by atoms with E-state index in [0.29, 0.717) is 30.7 Å². The van der Waals surface area contributed by atoms with Gasteiger partial charge in [-0.1, -0.05) is 24.4 Å². The first kappa shape index (κ1) is 17.4. The molecular formula is C19H28N4O3. The first-order valence-corrected chi connectivity index (χ1v) is 10.0. The topological polar surface area (TPSA) is 87.5 Å². The van der Waals surface area contributed by atoms with Crippen LogP contribution in [0.25, 0.3) is 0 Å². The summed E-state index contributed by atoms with van der Waals surface area (Å²) in [6, 6.07) is 2.23. The third kappa shape index (κ3) is 4.19. The molecule has 2 N–H and O–H groups in total. The number of rotatable bonds is 4. The molecule has 3 fully saturated rings. The van der Waals surface area contributed by atoms with Crippen molar-refractivity contribution in [1.82, 2.24) is 20.7 Å². The summed E-state index contributed by atoms with van der Waals surface area (Å²) in [5.74, 6) is 1.10. The Morgan fingerprint density at radius 1 is 0.962 bits per heavy atom. The van der Waals surface area contributed by atoms with Gasteiger partial charge in [0.15, 0.2) is 5.69 Å². The van der Waals surface area contributed by atoms with Crippen molar-refractivity contribution in [3.63, 3.8) is 0 Å². The quantitative estimate of drug-likeness (QED) is 0.864. The zero-order chi connectivity index (χ0) is 17.9. The number of nitrogens with one attached hydrogen (secondary N) is 2. The molecule has 1 saturated heterocycles. The molecule has 7 nitrogen and oxygen atoms in total. The molecule has 0 radical (unpaired) electrons. The Bertz CT molecular complexity index is 641. The van der Waals surface area contributed by atoms with Gasteiger partial charge < -0.3 is 20.1 Å². The van der Waals surface area contributed by atoms with Crippen LogP contribution < -0.4 is 10.6 Å². The largest absolute Gasteiger partial charge is 0.360 e. The third-order valence-electron chi connectivity index (χ3n) is 5.79. The highest BCUT2D eigenvalue weighted by Gasteiger charge is 2.30. The molecule has 1 aromatic heterocycles. The molecule has 2 saturated carbocycles. The highest BCUT2D eigenvalue weighted by molar-refractivity contribution is 5.92. The van der Waals surface area contributed by atoms with Gasteiger partial charge in [0.2, 0.25) is 0 Å². The van der Waals surface area contributed by atoms with Gasteiger partial charge >= 0.3 is 6.03 Å². The molecule has 26 heavy (non-hydrogen) atoms. The molecule has 0 unspecified atom stereocenters. The van der Waals surface area contributed by atoms with Crippen molar-refractivity contribution < 1.29 is 14.1 Å². The number of nitrogens with zero attached hydrogens (tertiary/aromatic N) is 2. The zero-order valence-corrected chi connectivity index (χ0v) is 15.2. The number of hydrogen-bond acceptors (Lipinski definition) is 4. The highest BCUT2D eigenvalue weighted by atomic mass is 16.5. The lowest BCUT2D eigenvalue weighted by Gasteiger charge is -2.34. The average molecular weight is 360 g/mol. The van der Waals surface area contributed by atoms with E-state index in [0.717, 1.165) is 44.3 Å². The van der Waals surface area contributed by atoms with Crippen molar-refractivity contribution >= 4 is 11.9 Å². The van der Waals surface area contributed by atoms with E-state index in [2.05, 4.69) is 15.8 Å². The lowest BCUT2D eigenvalue weighted by atomic mass is 9.95. The second-order valence-electron chi connectivity index (χ2n) is 7.91. The molecule has 0 bridgehead atoms. The minimum atomic E-state index is -0.175. The zero-order valence-electron chi connectivity index (χ0n) is 15.2. The fourth-order valence-corrected chi connectivity index (χ4v) is 3.96. The molecule has 0 spiro atoms. The fourth-order valence-electron chi connectivity index (χ4n) is 3.96. The molecule has 3 amide bonds. The summed E-state index contributed by atoms with van der Waals surface area (Å²) >= 11 is 0. The Labute approximate surface area is 153 Å². The lowest BCUT2D eigenvalue weighted by molar-refractivity contribution is 0.0908. The van der Waals surface area contributed by atoms with E-state index in [4.69, 9.17) is 4.52 Å². The van der Waals surface area contributed by atoms with Crippen molar-refractivity contribution in [3.8, 4) is 0 Å². The number of amides is 3. The number of piperidine rings is 1. The molecule has 2 aliphatic carbocycles. The van der Waals surface area contributed by atoms with E-state index in [1.54, 1.807) is 6.07 Å². The van der Waals surface area contributed by atoms with Crippen LogP contribution in [0.2, 0.25) is 0 Å². The number of likely N-dealkylation sites (tertiary alicyclic amines) is 1. The van der Waals surface area contributed by atoms with Gasteiger partial charge in [-0.05, 0) is 38.5 Å². The smallest absolute Gasteiger partial charge is 0.317 e. The van der Waals surface area contributed by atoms with Gasteiger partial charge in [-0.3, -0.25) is 4.79 Å². The van der Waals surface area contributed by atoms with Crippen LogP contribution in [0.4, 0.5) is 4.79 Å². The van der Waals surface area contributed by atoms with Crippen LogP contribution in [0, 0.1) is 0 Å². The van der Waals surface area contributed by atoms with Crippen LogP contribution in [-0.2, 0) is 0 Å². The van der Waals surface area contributed by atoms with Crippen molar-refractivity contribution in [2.75, 3.05) is 13.1 Å². The second kappa shape index (κ2) is 7.68. The number of carbonyl (C=O) groups excluding carboxylic acids is 2. The summed E-state index contributed by atoms with van der Waals surface area (Å²) in [6.45, 7) is 1.35. The molecule has 0 aromatic carbocycles. The van der Waals surface area contributed by atoms with E-state index in [1.807, 2.05) is 4.90 Å². The maximum Gasteiger partial charge on any atom is 0.317 e. The van der Waals surface area contributed by atoms with Crippen LogP contribution in [-0.4, -0.2) is 47.2 Å². The fraction of sp³-hybridized carbons (Fsp3) is 0.737. The van der Waals surface area contributed by atoms with Crippen molar-refractivity contribution in [3.05, 3.63) is 17.5 Å². The van der Waals surface area contributed by atoms with Crippen molar-refractivity contribution in [2.24, 2.45) is 0 Å². The van der Waals surface area contributed by atoms with Gasteiger partial charge in [-0.15, -0.1) is 0 Å². The Balaban J connectivity index is 1.21. The van der Waals surface area contributed by atoms with Crippen LogP contribution in [0.1, 0.15) is 80.0 Å². The summed E-state index contributed by atoms with van der Waals surface area (Å²) < 4.78 is 5.25. The van der Waals surface area contributed by atoms with Gasteiger partial charge in [0.05, 0.1) is 0 Å². The Hall–Kier alpha value is -2.05. The number of urea groups is 1. The standard InChI is InChI=1S/C19H28N4O3/c24-18(16-12-17(26-22-16)13-6-7-13)20-15-8-10-23(11-9-15)19(25)21-14-4-2-1-3-5-14/h12-15H,1-11H2,(H,20,24)(H,21,25). The molecule has 1 aromatic rings. The summed E-state index contributed by atoms with van der Waals surface area (Å²) in [6.07, 6.45) is 9.69. The van der Waals surface area contributed by atoms with E-state index in [1.165, 1.54) is 19.3 Å². The molecule has 1 aliphatic heterocycles. The summed E-state index contributed by atoms with van der Waals surface area (Å²) in [4.78, 5) is 26.6. The van der Waals surface area contributed by atoms with Crippen molar-refractivity contribution in [1.29, 1.82) is 0 Å². The monoisotopic (exact) mass is 360 g/mol. The molecule has 3 aliphatic rings. The van der Waals surface area contributed by atoms with Gasteiger partial charge in [0, 0.05) is 37.2 Å². The number of carbonyl (C=O) groups is 2. The Kier molecular flexibility index (Phi) is 5.13. The van der Waals surface area contributed by atoms with Crippen LogP contribution in [0.15, 0.2) is 10.6 Å². The van der Waals surface area contributed by atoms with E-state index in [-0.39, 0.29) is 18.0 Å². The number of aromatic nitrogens is 1. The Morgan fingerprint density at radius 2 is 1.65 bits per heavy atom. The minimum absolute atomic E-state index is 0.0484. The maximum atomic E-state index is 12.4. The highest BCUT2D eigenvalue weighted by Crippen LogP contribution is 2.40. The van der Waals surface area contributed by atoms with Gasteiger partial charge in [0.25, 0.3) is 5.91 Å². The van der Waals surface area contributed by atoms with Gasteiger partial charge in [-0.25, -0.2) is 4.79 Å². The first-order valence-electron chi connectivity index (χ1n) is 10.0. The Morgan fingerprint density at radius 3 is 2.35 bits per heavy atom. The van der Waals surface area contributed by atoms with Crippen molar-refractivity contribution in [2.45, 2.75) is 75.8 Å². The summed E-state index contributed by atoms with van der Waals surface area (Å²) in [7, 11) is 0. The first-order chi connectivity index (χ1) is 12.7. The predicted octanol–water partition coefficient (Wildman–Crippen LogP) is 2.79. The summed E-state index contributed by atoms with van der Waals surface area (Å²) in [5, 5.41) is 10.1. The summed E-state index contributed by atoms with van der Waals surface area (Å²) in [5.41, 5.74) is 0.365. The molecule has 2 heterocycles. The molecular weight excluding hydrogens is 332 g/mol. The third-order valence-corrected chi connectivity index (χ3v) is 5.79. The minimum Gasteiger partial charge on any atom is -0.360 e. The normalized spacial score (nSPS) is 22.2. The van der Waals surface area contributed by atoms with Crippen LogP contribution in [0.5, 0.6) is 0 Å². The van der Waals surface area contributed by atoms with E-state index in [9.17, 15) is 9.59 Å². The predicted molar refractivity (Wildman–Crippen MR) is 95.9 cm³/mol. The average Bonchev–Trinajstić information content (AvgIpc) is 3.39. The second-order valence-corrected chi connectivity index (χ2v) is 7.91. The SMILES string of the molecule is O=C(NC1CCN(C(=O)NC2CCCCC2)CC1)c1cc(C2CC2)on1. The molecule has 142 valence electrons. The molecule has 4 rings (SSSR count). The molecule has 7 heteroatoms. The number of hydrogen-bond donors (Lipinski definition) is 2. The van der Waals surface area contributed by atoms with Crippen LogP contribution in [0.3, 0.4) is 0 Å². The van der Waals surface area contributed by atoms with Crippen LogP contribution >= 0.6 is 0 Å². The molecule has 0 atom stereocenters. The van der Waals surface area contributed by atoms with E-state index < -0.39 is 0 Å². The van der Waals surface area contributed by atoms with E-state index >= 15 is 0 Å². The van der Waals surface area contributed by atoms with Gasteiger partial charge in [-0.2, -0.15) is 0 Å².